The first-order valence-electron chi connectivity index (χ1n) is 8.55. The van der Waals surface area contributed by atoms with E-state index < -0.39 is 0 Å². The second-order valence-corrected chi connectivity index (χ2v) is 8.13. The highest BCUT2D eigenvalue weighted by atomic mass is 127. The Hall–Kier alpha value is -0.800. The Morgan fingerprint density at radius 2 is 1.96 bits per heavy atom. The number of rotatable bonds is 5. The molecule has 2 aromatic rings. The van der Waals surface area contributed by atoms with Crippen molar-refractivity contribution in [2.24, 2.45) is 4.99 Å². The van der Waals surface area contributed by atoms with Crippen molar-refractivity contribution in [3.8, 4) is 0 Å². The Labute approximate surface area is 175 Å². The first kappa shape index (κ1) is 20.5. The van der Waals surface area contributed by atoms with Crippen molar-refractivity contribution >= 4 is 57.6 Å². The summed E-state index contributed by atoms with van der Waals surface area (Å²) in [5.74, 6) is 1.43. The molecule has 2 N–H and O–H groups in total. The zero-order chi connectivity index (χ0) is 16.8. The number of piperidine rings is 1. The number of anilines is 1. The summed E-state index contributed by atoms with van der Waals surface area (Å²) in [4.78, 5) is 8.29. The van der Waals surface area contributed by atoms with Gasteiger partial charge in [0.05, 0.1) is 5.00 Å². The van der Waals surface area contributed by atoms with Gasteiger partial charge in [-0.25, -0.2) is 0 Å². The molecule has 1 unspecified atom stereocenters. The quantitative estimate of drug-likeness (QED) is 0.372. The van der Waals surface area contributed by atoms with E-state index in [-0.39, 0.29) is 24.0 Å². The molecule has 1 aliphatic heterocycles. The first-order chi connectivity index (χ1) is 11.8. The van der Waals surface area contributed by atoms with E-state index in [9.17, 15) is 0 Å². The molecule has 1 aliphatic rings. The molecular weight excluding hydrogens is 463 g/mol. The monoisotopic (exact) mass is 490 g/mol. The summed E-state index contributed by atoms with van der Waals surface area (Å²) in [5, 5.41) is 12.8. The molecule has 138 valence electrons. The normalized spacial score (nSPS) is 17.0. The predicted molar refractivity (Wildman–Crippen MR) is 122 cm³/mol. The van der Waals surface area contributed by atoms with Crippen LogP contribution in [0.3, 0.4) is 0 Å². The lowest BCUT2D eigenvalue weighted by atomic mass is 10.1. The van der Waals surface area contributed by atoms with Crippen LogP contribution in [0, 0.1) is 0 Å². The van der Waals surface area contributed by atoms with Crippen molar-refractivity contribution < 1.29 is 0 Å². The molecule has 0 spiro atoms. The molecule has 3 heterocycles. The fourth-order valence-corrected chi connectivity index (χ4v) is 4.58. The first-order valence-corrected chi connectivity index (χ1v) is 10.3. The second kappa shape index (κ2) is 10.4. The van der Waals surface area contributed by atoms with Gasteiger partial charge in [-0.15, -0.1) is 46.7 Å². The molecule has 1 atom stereocenters. The molecule has 1 saturated heterocycles. The Morgan fingerprint density at radius 1 is 1.24 bits per heavy atom. The van der Waals surface area contributed by atoms with E-state index in [0.717, 1.165) is 38.4 Å². The molecule has 3 rings (SSSR count). The van der Waals surface area contributed by atoms with E-state index in [1.165, 1.54) is 9.88 Å². The number of guanidine groups is 1. The molecule has 0 aliphatic carbocycles. The fraction of sp³-hybridized carbons (Fsp3) is 0.500. The van der Waals surface area contributed by atoms with Crippen LogP contribution in [-0.4, -0.2) is 38.7 Å². The smallest absolute Gasteiger partial charge is 0.191 e. The maximum absolute atomic E-state index is 4.39. The van der Waals surface area contributed by atoms with Gasteiger partial charge >= 0.3 is 0 Å². The van der Waals surface area contributed by atoms with Crippen LogP contribution in [0.25, 0.3) is 0 Å². The lowest BCUT2D eigenvalue weighted by Gasteiger charge is -2.33. The molecule has 0 amide bonds. The van der Waals surface area contributed by atoms with Crippen LogP contribution in [0.1, 0.15) is 30.6 Å². The summed E-state index contributed by atoms with van der Waals surface area (Å²) < 4.78 is 0. The Morgan fingerprint density at radius 3 is 2.56 bits per heavy atom. The van der Waals surface area contributed by atoms with E-state index >= 15 is 0 Å². The van der Waals surface area contributed by atoms with Gasteiger partial charge in [-0.1, -0.05) is 13.0 Å². The number of halogens is 1. The van der Waals surface area contributed by atoms with Gasteiger partial charge in [0.15, 0.2) is 5.96 Å². The second-order valence-electron chi connectivity index (χ2n) is 6.23. The highest BCUT2D eigenvalue weighted by molar-refractivity contribution is 14.0. The van der Waals surface area contributed by atoms with Gasteiger partial charge in [-0.2, -0.15) is 0 Å². The van der Waals surface area contributed by atoms with Gasteiger partial charge in [0.2, 0.25) is 0 Å². The number of nitrogens with zero attached hydrogens (tertiary/aromatic N) is 2. The third kappa shape index (κ3) is 5.86. The van der Waals surface area contributed by atoms with E-state index in [1.807, 2.05) is 29.7 Å². The summed E-state index contributed by atoms with van der Waals surface area (Å²) in [5.41, 5.74) is 0. The molecule has 0 aromatic carbocycles. The van der Waals surface area contributed by atoms with Gasteiger partial charge in [-0.3, -0.25) is 4.99 Å². The Balaban J connectivity index is 0.00000225. The van der Waals surface area contributed by atoms with Crippen LogP contribution < -0.4 is 15.5 Å². The highest BCUT2D eigenvalue weighted by Crippen LogP contribution is 2.24. The fourth-order valence-electron chi connectivity index (χ4n) is 3.00. The van der Waals surface area contributed by atoms with Crippen LogP contribution in [0.4, 0.5) is 5.00 Å². The summed E-state index contributed by atoms with van der Waals surface area (Å²) in [6.07, 6.45) is 2.30. The summed E-state index contributed by atoms with van der Waals surface area (Å²) >= 11 is 3.65. The number of nitrogens with one attached hydrogen (secondary N) is 2. The summed E-state index contributed by atoms with van der Waals surface area (Å²) in [7, 11) is 1.85. The molecule has 1 fully saturated rings. The van der Waals surface area contributed by atoms with Crippen molar-refractivity contribution in [3.63, 3.8) is 0 Å². The molecule has 7 heteroatoms. The Bertz CT molecular complexity index is 620. The van der Waals surface area contributed by atoms with E-state index in [1.54, 1.807) is 0 Å². The SMILES string of the molecule is CN=C(NCC(C)c1cccs1)NC1CCN(c2cccs2)CC1.I. The topological polar surface area (TPSA) is 39.7 Å². The molecule has 2 aromatic heterocycles. The summed E-state index contributed by atoms with van der Waals surface area (Å²) in [6, 6.07) is 9.17. The molecule has 0 radical (unpaired) electrons. The molecular formula is C18H27IN4S2. The van der Waals surface area contributed by atoms with Gasteiger partial charge < -0.3 is 15.5 Å². The zero-order valence-electron chi connectivity index (χ0n) is 14.8. The van der Waals surface area contributed by atoms with Crippen molar-refractivity contribution in [2.45, 2.75) is 31.7 Å². The molecule has 25 heavy (non-hydrogen) atoms. The van der Waals surface area contributed by atoms with Crippen molar-refractivity contribution in [1.29, 1.82) is 0 Å². The highest BCUT2D eigenvalue weighted by Gasteiger charge is 2.20. The third-order valence-electron chi connectivity index (χ3n) is 4.48. The van der Waals surface area contributed by atoms with Crippen LogP contribution in [-0.2, 0) is 0 Å². The average Bonchev–Trinajstić information content (AvgIpc) is 3.32. The van der Waals surface area contributed by atoms with Gasteiger partial charge in [0, 0.05) is 43.5 Å². The minimum absolute atomic E-state index is 0. The Kier molecular flexibility index (Phi) is 8.51. The van der Waals surface area contributed by atoms with Crippen LogP contribution in [0.15, 0.2) is 40.0 Å². The van der Waals surface area contributed by atoms with Crippen molar-refractivity contribution in [2.75, 3.05) is 31.6 Å². The van der Waals surface area contributed by atoms with E-state index in [4.69, 9.17) is 0 Å². The number of hydrogen-bond acceptors (Lipinski definition) is 4. The van der Waals surface area contributed by atoms with Crippen molar-refractivity contribution in [1.82, 2.24) is 10.6 Å². The van der Waals surface area contributed by atoms with Gasteiger partial charge in [-0.05, 0) is 41.8 Å². The third-order valence-corrected chi connectivity index (χ3v) is 6.51. The number of aliphatic imine (C=N–C) groups is 1. The maximum atomic E-state index is 4.39. The zero-order valence-corrected chi connectivity index (χ0v) is 18.7. The molecule has 0 saturated carbocycles. The standard InChI is InChI=1S/C18H26N4S2.HI/c1-14(16-5-3-11-23-16)13-20-18(19-2)21-15-7-9-22(10-8-15)17-6-4-12-24-17;/h3-6,11-12,14-15H,7-10,13H2,1-2H3,(H2,19,20,21);1H. The lowest BCUT2D eigenvalue weighted by Crippen LogP contribution is -2.49. The maximum Gasteiger partial charge on any atom is 0.191 e. The molecule has 0 bridgehead atoms. The number of hydrogen-bond donors (Lipinski definition) is 2. The molecule has 4 nitrogen and oxygen atoms in total. The van der Waals surface area contributed by atoms with Crippen LogP contribution in [0.2, 0.25) is 0 Å². The van der Waals surface area contributed by atoms with Crippen molar-refractivity contribution in [3.05, 3.63) is 39.9 Å². The minimum atomic E-state index is 0. The van der Waals surface area contributed by atoms with Gasteiger partial charge in [0.1, 0.15) is 0 Å². The van der Waals surface area contributed by atoms with E-state index in [2.05, 4.69) is 62.5 Å². The van der Waals surface area contributed by atoms with Crippen LogP contribution in [0.5, 0.6) is 0 Å². The summed E-state index contributed by atoms with van der Waals surface area (Å²) in [6.45, 7) is 5.39. The lowest BCUT2D eigenvalue weighted by molar-refractivity contribution is 0.462. The average molecular weight is 490 g/mol. The number of thiophene rings is 2. The van der Waals surface area contributed by atoms with Crippen LogP contribution >= 0.6 is 46.7 Å². The largest absolute Gasteiger partial charge is 0.363 e. The van der Waals surface area contributed by atoms with E-state index in [0.29, 0.717) is 12.0 Å². The minimum Gasteiger partial charge on any atom is -0.363 e. The van der Waals surface area contributed by atoms with Gasteiger partial charge in [0.25, 0.3) is 0 Å². The predicted octanol–water partition coefficient (Wildman–Crippen LogP) is 4.37.